The first-order valence-electron chi connectivity index (χ1n) is 8.62. The van der Waals surface area contributed by atoms with E-state index in [1.165, 1.54) is 0 Å². The molecule has 1 aromatic carbocycles. The minimum Gasteiger partial charge on any atom is -0.486 e. The van der Waals surface area contributed by atoms with Gasteiger partial charge in [-0.1, -0.05) is 0 Å². The molecule has 2 amide bonds. The van der Waals surface area contributed by atoms with E-state index in [1.54, 1.807) is 28.0 Å². The fraction of sp³-hybridized carbons (Fsp3) is 0.529. The fourth-order valence-corrected chi connectivity index (χ4v) is 4.71. The summed E-state index contributed by atoms with van der Waals surface area (Å²) in [4.78, 5) is 28.3. The zero-order valence-electron chi connectivity index (χ0n) is 14.2. The van der Waals surface area contributed by atoms with Crippen molar-refractivity contribution in [2.24, 2.45) is 5.92 Å². The average Bonchev–Trinajstić information content (AvgIpc) is 3.02. The first kappa shape index (κ1) is 17.1. The van der Waals surface area contributed by atoms with Crippen LogP contribution in [0.25, 0.3) is 0 Å². The molecule has 0 spiro atoms. The van der Waals surface area contributed by atoms with E-state index < -0.39 is 15.8 Å². The first-order valence-corrected chi connectivity index (χ1v) is 10.4. The normalized spacial score (nSPS) is 24.6. The predicted octanol–water partition coefficient (Wildman–Crippen LogP) is 0.0677. The van der Waals surface area contributed by atoms with Gasteiger partial charge in [-0.15, -0.1) is 0 Å². The number of hydrogen-bond donors (Lipinski definition) is 0. The monoisotopic (exact) mass is 380 g/mol. The van der Waals surface area contributed by atoms with Crippen molar-refractivity contribution in [2.75, 3.05) is 49.3 Å². The van der Waals surface area contributed by atoms with Crippen LogP contribution >= 0.6 is 0 Å². The van der Waals surface area contributed by atoms with Gasteiger partial charge in [-0.2, -0.15) is 0 Å². The maximum atomic E-state index is 12.7. The number of anilines is 1. The van der Waals surface area contributed by atoms with Crippen molar-refractivity contribution < 1.29 is 27.5 Å². The lowest BCUT2D eigenvalue weighted by molar-refractivity contribution is -0.135. The van der Waals surface area contributed by atoms with Gasteiger partial charge in [-0.05, 0) is 12.1 Å². The van der Waals surface area contributed by atoms with Crippen molar-refractivity contribution in [2.45, 2.75) is 6.42 Å². The number of amides is 2. The molecule has 3 aliphatic heterocycles. The Hall–Kier alpha value is -2.29. The number of carbonyl (C=O) groups excluding carboxylic acids is 2. The SMILES string of the molecule is O=C(C1CC(=O)N(c2ccc3c(c2)OCCO3)C1)N1CCS(=O)(=O)CC1. The third kappa shape index (κ3) is 3.23. The fourth-order valence-electron chi connectivity index (χ4n) is 3.51. The van der Waals surface area contributed by atoms with Crippen LogP contribution in [0.2, 0.25) is 0 Å². The second kappa shape index (κ2) is 6.46. The van der Waals surface area contributed by atoms with Crippen molar-refractivity contribution >= 4 is 27.3 Å². The summed E-state index contributed by atoms with van der Waals surface area (Å²) in [5.74, 6) is 0.511. The van der Waals surface area contributed by atoms with Gasteiger partial charge in [0.05, 0.1) is 17.4 Å². The summed E-state index contributed by atoms with van der Waals surface area (Å²) in [6, 6.07) is 5.31. The molecule has 0 radical (unpaired) electrons. The molecule has 0 bridgehead atoms. The quantitative estimate of drug-likeness (QED) is 0.721. The molecular formula is C17H20N2O6S. The number of fused-ring (bicyclic) bond motifs is 1. The van der Waals surface area contributed by atoms with Gasteiger partial charge in [0.1, 0.15) is 13.2 Å². The van der Waals surface area contributed by atoms with Crippen molar-refractivity contribution in [1.82, 2.24) is 4.90 Å². The second-order valence-corrected chi connectivity index (χ2v) is 9.01. The van der Waals surface area contributed by atoms with Gasteiger partial charge in [0.2, 0.25) is 11.8 Å². The Morgan fingerprint density at radius 1 is 1.08 bits per heavy atom. The van der Waals surface area contributed by atoms with E-state index >= 15 is 0 Å². The molecule has 3 aliphatic rings. The number of carbonyl (C=O) groups is 2. The summed E-state index contributed by atoms with van der Waals surface area (Å²) in [5.41, 5.74) is 0.677. The summed E-state index contributed by atoms with van der Waals surface area (Å²) in [7, 11) is -3.04. The summed E-state index contributed by atoms with van der Waals surface area (Å²) in [5, 5.41) is 0. The molecule has 0 aromatic heterocycles. The van der Waals surface area contributed by atoms with Crippen LogP contribution in [-0.2, 0) is 19.4 Å². The highest BCUT2D eigenvalue weighted by Gasteiger charge is 2.38. The third-order valence-corrected chi connectivity index (χ3v) is 6.58. The molecule has 3 heterocycles. The Labute approximate surface area is 151 Å². The molecule has 0 aliphatic carbocycles. The molecule has 8 nitrogen and oxygen atoms in total. The van der Waals surface area contributed by atoms with Crippen LogP contribution in [0.15, 0.2) is 18.2 Å². The lowest BCUT2D eigenvalue weighted by Crippen LogP contribution is -2.46. The molecule has 1 unspecified atom stereocenters. The Bertz CT molecular complexity index is 839. The zero-order valence-corrected chi connectivity index (χ0v) is 15.0. The van der Waals surface area contributed by atoms with Crippen LogP contribution in [0.4, 0.5) is 5.69 Å². The van der Waals surface area contributed by atoms with Gasteiger partial charge in [0.25, 0.3) is 0 Å². The molecular weight excluding hydrogens is 360 g/mol. The number of nitrogens with zero attached hydrogens (tertiary/aromatic N) is 2. The van der Waals surface area contributed by atoms with E-state index in [0.29, 0.717) is 36.9 Å². The molecule has 4 rings (SSSR count). The standard InChI is InChI=1S/C17H20N2O6S/c20-16-9-12(17(21)18-3-7-26(22,23)8-4-18)11-19(16)13-1-2-14-15(10-13)25-6-5-24-14/h1-2,10,12H,3-9,11H2. The largest absolute Gasteiger partial charge is 0.486 e. The molecule has 26 heavy (non-hydrogen) atoms. The Balaban J connectivity index is 1.46. The van der Waals surface area contributed by atoms with Gasteiger partial charge in [0, 0.05) is 37.8 Å². The van der Waals surface area contributed by atoms with Crippen LogP contribution < -0.4 is 14.4 Å². The molecule has 2 saturated heterocycles. The van der Waals surface area contributed by atoms with Gasteiger partial charge in [-0.25, -0.2) is 8.42 Å². The second-order valence-electron chi connectivity index (χ2n) is 6.71. The topological polar surface area (TPSA) is 93.2 Å². The molecule has 9 heteroatoms. The summed E-state index contributed by atoms with van der Waals surface area (Å²) < 4.78 is 34.1. The number of ether oxygens (including phenoxy) is 2. The first-order chi connectivity index (χ1) is 12.4. The molecule has 0 N–H and O–H groups in total. The smallest absolute Gasteiger partial charge is 0.228 e. The van der Waals surface area contributed by atoms with Crippen LogP contribution in [0.1, 0.15) is 6.42 Å². The van der Waals surface area contributed by atoms with Gasteiger partial charge in [0.15, 0.2) is 21.3 Å². The van der Waals surface area contributed by atoms with E-state index in [9.17, 15) is 18.0 Å². The molecule has 1 atom stereocenters. The van der Waals surface area contributed by atoms with Gasteiger partial charge < -0.3 is 19.3 Å². The number of hydrogen-bond acceptors (Lipinski definition) is 6. The molecule has 140 valence electrons. The van der Waals surface area contributed by atoms with E-state index in [0.717, 1.165) is 0 Å². The van der Waals surface area contributed by atoms with Crippen LogP contribution in [-0.4, -0.2) is 69.5 Å². The average molecular weight is 380 g/mol. The highest BCUT2D eigenvalue weighted by Crippen LogP contribution is 2.36. The van der Waals surface area contributed by atoms with Gasteiger partial charge in [-0.3, -0.25) is 9.59 Å². The predicted molar refractivity (Wildman–Crippen MR) is 93.1 cm³/mol. The zero-order chi connectivity index (χ0) is 18.3. The Kier molecular flexibility index (Phi) is 4.26. The number of sulfone groups is 1. The highest BCUT2D eigenvalue weighted by molar-refractivity contribution is 7.91. The number of benzene rings is 1. The van der Waals surface area contributed by atoms with E-state index in [4.69, 9.17) is 9.47 Å². The van der Waals surface area contributed by atoms with E-state index in [-0.39, 0.29) is 42.8 Å². The lowest BCUT2D eigenvalue weighted by Gasteiger charge is -2.29. The van der Waals surface area contributed by atoms with E-state index in [1.807, 2.05) is 0 Å². The van der Waals surface area contributed by atoms with Crippen LogP contribution in [0, 0.1) is 5.92 Å². The van der Waals surface area contributed by atoms with Crippen molar-refractivity contribution in [3.05, 3.63) is 18.2 Å². The minimum atomic E-state index is -3.04. The molecule has 0 saturated carbocycles. The van der Waals surface area contributed by atoms with Gasteiger partial charge >= 0.3 is 0 Å². The Morgan fingerprint density at radius 2 is 1.77 bits per heavy atom. The van der Waals surface area contributed by atoms with E-state index in [2.05, 4.69) is 0 Å². The minimum absolute atomic E-state index is 0.00865. The Morgan fingerprint density at radius 3 is 2.50 bits per heavy atom. The maximum Gasteiger partial charge on any atom is 0.228 e. The molecule has 2 fully saturated rings. The van der Waals surface area contributed by atoms with Crippen molar-refractivity contribution in [1.29, 1.82) is 0 Å². The van der Waals surface area contributed by atoms with Crippen molar-refractivity contribution in [3.63, 3.8) is 0 Å². The lowest BCUT2D eigenvalue weighted by atomic mass is 10.1. The van der Waals surface area contributed by atoms with Crippen molar-refractivity contribution in [3.8, 4) is 11.5 Å². The highest BCUT2D eigenvalue weighted by atomic mass is 32.2. The maximum absolute atomic E-state index is 12.7. The van der Waals surface area contributed by atoms with Crippen LogP contribution in [0.3, 0.4) is 0 Å². The number of rotatable bonds is 2. The third-order valence-electron chi connectivity index (χ3n) is 4.97. The summed E-state index contributed by atoms with van der Waals surface area (Å²) in [6.45, 7) is 1.66. The molecule has 1 aromatic rings. The van der Waals surface area contributed by atoms with Crippen LogP contribution in [0.5, 0.6) is 11.5 Å². The summed E-state index contributed by atoms with van der Waals surface area (Å²) >= 11 is 0. The summed E-state index contributed by atoms with van der Waals surface area (Å²) in [6.07, 6.45) is 0.135.